The molecule has 0 saturated heterocycles. The summed E-state index contributed by atoms with van der Waals surface area (Å²) in [6.07, 6.45) is -0.586. The molecule has 14 heteroatoms. The van der Waals surface area contributed by atoms with E-state index >= 15 is 0 Å². The fourth-order valence-electron chi connectivity index (χ4n) is 4.18. The Morgan fingerprint density at radius 3 is 2.36 bits per heavy atom. The van der Waals surface area contributed by atoms with Gasteiger partial charge in [0.1, 0.15) is 11.7 Å². The zero-order chi connectivity index (χ0) is 30.8. The number of benzene rings is 2. The van der Waals surface area contributed by atoms with Crippen molar-refractivity contribution >= 4 is 41.0 Å². The van der Waals surface area contributed by atoms with Crippen LogP contribution in [-0.2, 0) is 9.59 Å². The molecule has 0 radical (unpaired) electrons. The maximum absolute atomic E-state index is 12.3. The Hall–Kier alpha value is -5.11. The lowest BCUT2D eigenvalue weighted by Crippen LogP contribution is -2.48. The van der Waals surface area contributed by atoms with Gasteiger partial charge in [-0.2, -0.15) is 4.98 Å². The Kier molecular flexibility index (Phi) is 10.8. The second-order valence-electron chi connectivity index (χ2n) is 9.75. The highest BCUT2D eigenvalue weighted by molar-refractivity contribution is 5.97. The Morgan fingerprint density at radius 2 is 1.79 bits per heavy atom. The monoisotopic (exact) mass is 580 g/mol. The molecule has 10 N–H and O–H groups in total. The maximum Gasteiger partial charge on any atom is 0.326 e. The number of nitrogen functional groups attached to an aromatic ring is 1. The number of hydrogen-bond donors (Lipinski definition) is 8. The van der Waals surface area contributed by atoms with Crippen LogP contribution in [0.3, 0.4) is 0 Å². The van der Waals surface area contributed by atoms with Gasteiger partial charge in [-0.15, -0.1) is 0 Å². The number of rotatable bonds is 10. The summed E-state index contributed by atoms with van der Waals surface area (Å²) in [4.78, 5) is 54.9. The van der Waals surface area contributed by atoms with Crippen LogP contribution in [0.15, 0.2) is 59.4 Å². The number of amides is 1. The van der Waals surface area contributed by atoms with Gasteiger partial charge < -0.3 is 42.5 Å². The number of carboxylic acid groups (broad SMARTS) is 2. The second-order valence-corrected chi connectivity index (χ2v) is 9.75. The fraction of sp³-hybridized carbons (Fsp3) is 0.321. The number of anilines is 4. The first-order valence-corrected chi connectivity index (χ1v) is 13.2. The fourth-order valence-corrected chi connectivity index (χ4v) is 4.18. The van der Waals surface area contributed by atoms with Gasteiger partial charge in [0.05, 0.1) is 6.04 Å². The van der Waals surface area contributed by atoms with Gasteiger partial charge in [0.2, 0.25) is 5.95 Å². The minimum Gasteiger partial charge on any atom is -0.481 e. The van der Waals surface area contributed by atoms with Crippen molar-refractivity contribution in [2.24, 2.45) is 5.73 Å². The summed E-state index contributed by atoms with van der Waals surface area (Å²) in [5.74, 6) is -2.59. The summed E-state index contributed by atoms with van der Waals surface area (Å²) in [5, 5.41) is 26.6. The van der Waals surface area contributed by atoms with Gasteiger partial charge in [0.25, 0.3) is 11.5 Å². The number of carbonyl (C=O) groups is 3. The molecule has 1 unspecified atom stereocenters. The van der Waals surface area contributed by atoms with Gasteiger partial charge in [0.15, 0.2) is 5.82 Å². The molecule has 14 nitrogen and oxygen atoms in total. The van der Waals surface area contributed by atoms with Crippen LogP contribution in [0.1, 0.15) is 41.7 Å². The zero-order valence-electron chi connectivity index (χ0n) is 23.3. The Labute approximate surface area is 242 Å². The third-order valence-corrected chi connectivity index (χ3v) is 6.58. The lowest BCUT2D eigenvalue weighted by atomic mass is 10.1. The maximum atomic E-state index is 12.3. The highest BCUT2D eigenvalue weighted by atomic mass is 16.4. The highest BCUT2D eigenvalue weighted by Gasteiger charge is 2.27. The molecule has 2 aromatic carbocycles. The van der Waals surface area contributed by atoms with Crippen LogP contribution in [0.4, 0.5) is 23.1 Å². The van der Waals surface area contributed by atoms with E-state index in [4.69, 9.17) is 16.6 Å². The molecule has 1 aromatic heterocycles. The van der Waals surface area contributed by atoms with Crippen molar-refractivity contribution in [1.82, 2.24) is 15.3 Å². The second kappa shape index (κ2) is 14.5. The van der Waals surface area contributed by atoms with E-state index in [2.05, 4.69) is 25.9 Å². The van der Waals surface area contributed by atoms with Gasteiger partial charge >= 0.3 is 11.9 Å². The van der Waals surface area contributed by atoms with E-state index in [1.165, 1.54) is 17.7 Å². The molecular formula is C28H36N8O6. The van der Waals surface area contributed by atoms with Gasteiger partial charge in [0, 0.05) is 43.9 Å². The number of carbonyl (C=O) groups excluding carboxylic acids is 1. The number of likely N-dealkylation sites (N-methyl/N-ethyl adjacent to an activating group) is 1. The van der Waals surface area contributed by atoms with E-state index in [-0.39, 0.29) is 42.0 Å². The molecule has 0 aliphatic carbocycles. The zero-order valence-corrected chi connectivity index (χ0v) is 23.3. The summed E-state index contributed by atoms with van der Waals surface area (Å²) in [7, 11) is 1.79. The average Bonchev–Trinajstić information content (AvgIpc) is 2.95. The largest absolute Gasteiger partial charge is 0.481 e. The highest BCUT2D eigenvalue weighted by Crippen LogP contribution is 2.25. The van der Waals surface area contributed by atoms with Crippen molar-refractivity contribution in [3.8, 4) is 0 Å². The van der Waals surface area contributed by atoms with Crippen molar-refractivity contribution in [3.63, 3.8) is 0 Å². The molecule has 2 heterocycles. The van der Waals surface area contributed by atoms with Gasteiger partial charge in [-0.05, 0) is 43.2 Å². The number of aromatic amines is 1. The lowest BCUT2D eigenvalue weighted by molar-refractivity contribution is -0.140. The van der Waals surface area contributed by atoms with Crippen LogP contribution in [-0.4, -0.2) is 70.2 Å². The molecule has 0 fully saturated rings. The summed E-state index contributed by atoms with van der Waals surface area (Å²) in [6, 6.07) is 15.2. The van der Waals surface area contributed by atoms with Crippen molar-refractivity contribution in [3.05, 3.63) is 76.1 Å². The first-order chi connectivity index (χ1) is 20.0. The van der Waals surface area contributed by atoms with E-state index in [1.54, 1.807) is 19.2 Å². The molecular weight excluding hydrogens is 544 g/mol. The van der Waals surface area contributed by atoms with Crippen LogP contribution in [0, 0.1) is 0 Å². The van der Waals surface area contributed by atoms with Gasteiger partial charge in [-0.25, -0.2) is 4.79 Å². The number of nitrogens with two attached hydrogens (primary N) is 2. The van der Waals surface area contributed by atoms with Crippen molar-refractivity contribution in [2.45, 2.75) is 37.9 Å². The first kappa shape index (κ1) is 31.4. The quantitative estimate of drug-likeness (QED) is 0.170. The number of carboxylic acids is 2. The predicted molar refractivity (Wildman–Crippen MR) is 160 cm³/mol. The van der Waals surface area contributed by atoms with E-state index in [0.29, 0.717) is 24.6 Å². The smallest absolute Gasteiger partial charge is 0.326 e. The van der Waals surface area contributed by atoms with E-state index in [0.717, 1.165) is 5.69 Å². The van der Waals surface area contributed by atoms with Crippen LogP contribution in [0.2, 0.25) is 0 Å². The summed E-state index contributed by atoms with van der Waals surface area (Å²) >= 11 is 0. The predicted octanol–water partition coefficient (Wildman–Crippen LogP) is 1.45. The number of nitrogens with zero attached hydrogens (tertiary/aromatic N) is 2. The summed E-state index contributed by atoms with van der Waals surface area (Å²) < 4.78 is 0. The van der Waals surface area contributed by atoms with Gasteiger partial charge in [-0.1, -0.05) is 30.3 Å². The molecule has 224 valence electrons. The topological polar surface area (TPSA) is 229 Å². The molecule has 4 rings (SSSR count). The van der Waals surface area contributed by atoms with Gasteiger partial charge in [-0.3, -0.25) is 19.4 Å². The Balaban J connectivity index is 0.000000458. The molecule has 0 bridgehead atoms. The minimum atomic E-state index is -1.30. The van der Waals surface area contributed by atoms with Crippen LogP contribution >= 0.6 is 0 Å². The number of aliphatic carboxylic acids is 2. The van der Waals surface area contributed by atoms with Crippen LogP contribution in [0.25, 0.3) is 0 Å². The number of H-pyrrole nitrogens is 1. The third-order valence-electron chi connectivity index (χ3n) is 6.58. The minimum absolute atomic E-state index is 0.0388. The van der Waals surface area contributed by atoms with Crippen LogP contribution < -0.4 is 37.9 Å². The Morgan fingerprint density at radius 1 is 1.12 bits per heavy atom. The molecule has 3 atom stereocenters. The molecule has 1 aliphatic heterocycles. The number of nitrogens with one attached hydrogen (secondary N) is 4. The van der Waals surface area contributed by atoms with Crippen LogP contribution in [0.5, 0.6) is 0 Å². The normalized spacial score (nSPS) is 15.1. The molecule has 1 aliphatic rings. The summed E-state index contributed by atoms with van der Waals surface area (Å²) in [5.41, 5.74) is 13.4. The lowest BCUT2D eigenvalue weighted by Gasteiger charge is -2.35. The molecule has 0 saturated carbocycles. The number of aromatic nitrogens is 2. The Bertz CT molecular complexity index is 1430. The number of fused-ring (bicyclic) bond motifs is 1. The molecule has 1 amide bonds. The molecule has 42 heavy (non-hydrogen) atoms. The standard InChI is InChI=1S/C20H25N7O6.C8H11N/c1-27-12(9-23-16-15(27)18(31)26-20(21)25-16)8-22-11-4-2-10(3-5-11)17(30)24-13(19(32)33)6-7-14(28)29;1-7(9)8-5-3-2-4-6-8/h2-5,12-13,22H,6-9H2,1H3,(H,24,30)(H,28,29)(H,32,33)(H4,21,23,25,26,31);2-7H,9H2,1H3/t12-,13-;/m0./s1. The van der Waals surface area contributed by atoms with Crippen molar-refractivity contribution in [1.29, 1.82) is 0 Å². The third kappa shape index (κ3) is 8.69. The molecule has 0 spiro atoms. The van der Waals surface area contributed by atoms with Crippen molar-refractivity contribution in [2.75, 3.05) is 41.4 Å². The number of hydrogen-bond acceptors (Lipinski definition) is 10. The average molecular weight is 581 g/mol. The van der Waals surface area contributed by atoms with E-state index < -0.39 is 23.9 Å². The SMILES string of the molecule is CC(N)c1ccccc1.CN1c2c(nc(N)[nH]c2=O)NC[C@@H]1CNc1ccc(C(=O)N[C@@H](CCC(=O)O)C(=O)O)cc1. The molecule has 3 aromatic rings. The summed E-state index contributed by atoms with van der Waals surface area (Å²) in [6.45, 7) is 2.99. The van der Waals surface area contributed by atoms with Crippen molar-refractivity contribution < 1.29 is 24.6 Å². The van der Waals surface area contributed by atoms with E-state index in [1.807, 2.05) is 42.2 Å². The van der Waals surface area contributed by atoms with E-state index in [9.17, 15) is 24.3 Å². The first-order valence-electron chi connectivity index (χ1n) is 13.2.